The molecule has 0 bridgehead atoms. The number of aliphatic imine (C=N–C) groups is 1. The molecule has 0 aliphatic carbocycles. The molecule has 1 heterocycles. The van der Waals surface area contributed by atoms with Gasteiger partial charge in [-0.15, -0.1) is 0 Å². The number of benzene rings is 4. The highest BCUT2D eigenvalue weighted by molar-refractivity contribution is 14.1. The van der Waals surface area contributed by atoms with Crippen LogP contribution in [0.15, 0.2) is 107 Å². The molecule has 1 aliphatic rings. The van der Waals surface area contributed by atoms with Crippen LogP contribution in [0.1, 0.15) is 27.0 Å². The van der Waals surface area contributed by atoms with E-state index in [-0.39, 0.29) is 11.5 Å². The Morgan fingerprint density at radius 1 is 0.900 bits per heavy atom. The molecule has 5 rings (SSSR count). The maximum Gasteiger partial charge on any atom is 0.335 e. The third kappa shape index (κ3) is 6.94. The number of carbonyl (C=O) groups excluding carboxylic acids is 1. The number of carboxylic acids is 1. The first kappa shape index (κ1) is 28.4. The summed E-state index contributed by atoms with van der Waals surface area (Å²) < 4.78 is 7.91. The molecule has 0 radical (unpaired) electrons. The van der Waals surface area contributed by atoms with Gasteiger partial charge in [0.25, 0.3) is 5.91 Å². The Balaban J connectivity index is 1.38. The topological polar surface area (TPSA) is 79.2 Å². The number of carboxylic acid groups (broad SMARTS) is 1. The van der Waals surface area contributed by atoms with Gasteiger partial charge in [0.1, 0.15) is 12.4 Å². The summed E-state index contributed by atoms with van der Waals surface area (Å²) in [5.74, 6) is -0.298. The first-order valence-corrected chi connectivity index (χ1v) is 15.2. The van der Waals surface area contributed by atoms with Gasteiger partial charge in [-0.3, -0.25) is 9.69 Å². The van der Waals surface area contributed by atoms with Crippen LogP contribution in [0.4, 0.5) is 5.69 Å². The predicted octanol–water partition coefficient (Wildman–Crippen LogP) is 7.98. The van der Waals surface area contributed by atoms with Crippen LogP contribution < -0.4 is 4.74 Å². The molecule has 0 saturated carbocycles. The van der Waals surface area contributed by atoms with Crippen molar-refractivity contribution in [3.05, 3.63) is 131 Å². The highest BCUT2D eigenvalue weighted by Crippen LogP contribution is 2.37. The van der Waals surface area contributed by atoms with Gasteiger partial charge in [0, 0.05) is 0 Å². The molecule has 0 aromatic heterocycles. The molecule has 0 spiro atoms. The van der Waals surface area contributed by atoms with E-state index in [1.54, 1.807) is 29.2 Å². The smallest absolute Gasteiger partial charge is 0.335 e. The van der Waals surface area contributed by atoms with Gasteiger partial charge in [-0.25, -0.2) is 9.79 Å². The molecule has 0 unspecified atom stereocenters. The Morgan fingerprint density at radius 3 is 2.15 bits per heavy atom. The van der Waals surface area contributed by atoms with Crippen molar-refractivity contribution in [1.82, 2.24) is 4.90 Å². The third-order valence-electron chi connectivity index (χ3n) is 5.95. The van der Waals surface area contributed by atoms with E-state index in [1.165, 1.54) is 11.8 Å². The van der Waals surface area contributed by atoms with Crippen LogP contribution in [-0.4, -0.2) is 27.1 Å². The summed E-state index contributed by atoms with van der Waals surface area (Å²) in [6.45, 7) is 0.749. The van der Waals surface area contributed by atoms with E-state index in [0.717, 1.165) is 35.3 Å². The number of ether oxygens (including phenoxy) is 1. The summed E-state index contributed by atoms with van der Waals surface area (Å²) in [5.41, 5.74) is 3.83. The summed E-state index contributed by atoms with van der Waals surface area (Å²) in [7, 11) is 0. The summed E-state index contributed by atoms with van der Waals surface area (Å²) in [6, 6.07) is 30.1. The normalized spacial score (nSPS) is 15.2. The van der Waals surface area contributed by atoms with E-state index in [4.69, 9.17) is 14.8 Å². The Kier molecular flexibility index (Phi) is 9.22. The van der Waals surface area contributed by atoms with E-state index >= 15 is 0 Å². The van der Waals surface area contributed by atoms with Crippen molar-refractivity contribution in [3.8, 4) is 5.75 Å². The first-order chi connectivity index (χ1) is 19.4. The molecule has 4 aromatic carbocycles. The van der Waals surface area contributed by atoms with Crippen LogP contribution in [0.5, 0.6) is 5.75 Å². The zero-order chi connectivity index (χ0) is 28.1. The van der Waals surface area contributed by atoms with E-state index in [0.29, 0.717) is 23.2 Å². The van der Waals surface area contributed by atoms with Gasteiger partial charge in [0.05, 0.1) is 29.8 Å². The number of carbonyl (C=O) groups is 2. The van der Waals surface area contributed by atoms with Gasteiger partial charge in [0.15, 0.2) is 5.17 Å². The number of hydrogen-bond acceptors (Lipinski definition) is 5. The molecule has 6 nitrogen and oxygen atoms in total. The molecular weight excluding hydrogens is 750 g/mol. The Labute approximate surface area is 263 Å². The number of rotatable bonds is 8. The maximum absolute atomic E-state index is 13.6. The van der Waals surface area contributed by atoms with Gasteiger partial charge in [-0.1, -0.05) is 60.7 Å². The van der Waals surface area contributed by atoms with Crippen LogP contribution in [0.25, 0.3) is 6.08 Å². The van der Waals surface area contributed by atoms with Gasteiger partial charge in [0.2, 0.25) is 0 Å². The van der Waals surface area contributed by atoms with Crippen molar-refractivity contribution in [2.75, 3.05) is 0 Å². The fourth-order valence-corrected chi connectivity index (χ4v) is 7.09. The van der Waals surface area contributed by atoms with Crippen molar-refractivity contribution >= 4 is 85.8 Å². The second-order valence-electron chi connectivity index (χ2n) is 8.82. The van der Waals surface area contributed by atoms with Crippen LogP contribution in [0, 0.1) is 7.14 Å². The van der Waals surface area contributed by atoms with Crippen molar-refractivity contribution < 1.29 is 19.4 Å². The maximum atomic E-state index is 13.6. The Morgan fingerprint density at radius 2 is 1.52 bits per heavy atom. The summed E-state index contributed by atoms with van der Waals surface area (Å²) in [6.07, 6.45) is 1.90. The number of para-hydroxylation sites is 1. The minimum absolute atomic E-state index is 0.0846. The first-order valence-electron chi connectivity index (χ1n) is 12.2. The minimum Gasteiger partial charge on any atom is -0.487 e. The molecule has 4 aromatic rings. The van der Waals surface area contributed by atoms with Crippen LogP contribution in [0.2, 0.25) is 0 Å². The van der Waals surface area contributed by atoms with Crippen molar-refractivity contribution in [2.24, 2.45) is 4.99 Å². The lowest BCUT2D eigenvalue weighted by Crippen LogP contribution is -2.28. The van der Waals surface area contributed by atoms with E-state index in [9.17, 15) is 9.59 Å². The van der Waals surface area contributed by atoms with E-state index in [2.05, 4.69) is 45.2 Å². The lowest BCUT2D eigenvalue weighted by atomic mass is 10.1. The average molecular weight is 772 g/mol. The average Bonchev–Trinajstić information content (AvgIpc) is 3.22. The lowest BCUT2D eigenvalue weighted by Gasteiger charge is -2.15. The monoisotopic (exact) mass is 772 g/mol. The number of hydrogen-bond donors (Lipinski definition) is 1. The molecule has 1 N–H and O–H groups in total. The SMILES string of the molecule is O=C(O)c1ccc(COc2c(I)cc(/C=C3\SC(=Nc4ccccc4)N(Cc4ccccc4)C3=O)cc2I)cc1. The molecule has 9 heteroatoms. The zero-order valence-corrected chi connectivity index (χ0v) is 26.1. The number of aromatic carboxylic acids is 1. The number of amidine groups is 1. The van der Waals surface area contributed by atoms with Crippen molar-refractivity contribution in [3.63, 3.8) is 0 Å². The van der Waals surface area contributed by atoms with Crippen LogP contribution in [-0.2, 0) is 17.9 Å². The summed E-state index contributed by atoms with van der Waals surface area (Å²) >= 11 is 5.84. The third-order valence-corrected chi connectivity index (χ3v) is 8.56. The van der Waals surface area contributed by atoms with Crippen molar-refractivity contribution in [1.29, 1.82) is 0 Å². The largest absolute Gasteiger partial charge is 0.487 e. The molecule has 40 heavy (non-hydrogen) atoms. The fourth-order valence-electron chi connectivity index (χ4n) is 3.96. The van der Waals surface area contributed by atoms with Gasteiger partial charge in [-0.2, -0.15) is 0 Å². The van der Waals surface area contributed by atoms with E-state index in [1.807, 2.05) is 78.9 Å². The van der Waals surface area contributed by atoms with Crippen molar-refractivity contribution in [2.45, 2.75) is 13.2 Å². The molecule has 200 valence electrons. The number of thioether (sulfide) groups is 1. The highest BCUT2D eigenvalue weighted by atomic mass is 127. The molecule has 1 aliphatic heterocycles. The second-order valence-corrected chi connectivity index (χ2v) is 12.2. The predicted molar refractivity (Wildman–Crippen MR) is 176 cm³/mol. The molecule has 0 atom stereocenters. The Hall–Kier alpha value is -3.16. The van der Waals surface area contributed by atoms with Gasteiger partial charge < -0.3 is 9.84 Å². The summed E-state index contributed by atoms with van der Waals surface area (Å²) in [4.78, 5) is 31.8. The number of amides is 1. The number of halogens is 2. The van der Waals surface area contributed by atoms with Crippen LogP contribution >= 0.6 is 56.9 Å². The molecule has 1 amide bonds. The van der Waals surface area contributed by atoms with Crippen LogP contribution in [0.3, 0.4) is 0 Å². The second kappa shape index (κ2) is 13.0. The standard InChI is InChI=1S/C31H22I2N2O4S/c32-25-15-22(16-26(33)28(25)39-19-21-11-13-23(14-12-21)30(37)38)17-27-29(36)35(18-20-7-3-1-4-8-20)31(40-27)34-24-9-5-2-6-10-24/h1-17H,18-19H2,(H,37,38)/b27-17-,34-31?. The fraction of sp³-hybridized carbons (Fsp3) is 0.0645. The van der Waals surface area contributed by atoms with Gasteiger partial charge in [-0.05, 0) is 116 Å². The van der Waals surface area contributed by atoms with Gasteiger partial charge >= 0.3 is 5.97 Å². The lowest BCUT2D eigenvalue weighted by molar-refractivity contribution is -0.122. The summed E-state index contributed by atoms with van der Waals surface area (Å²) in [5, 5.41) is 9.74. The quantitative estimate of drug-likeness (QED) is 0.145. The minimum atomic E-state index is -0.957. The molecular formula is C31H22I2N2O4S. The molecule has 1 saturated heterocycles. The molecule has 1 fully saturated rings. The zero-order valence-electron chi connectivity index (χ0n) is 21.0. The Bertz CT molecular complexity index is 1580. The number of nitrogens with zero attached hydrogens (tertiary/aromatic N) is 2. The highest BCUT2D eigenvalue weighted by Gasteiger charge is 2.33. The van der Waals surface area contributed by atoms with E-state index < -0.39 is 5.97 Å².